The number of hydrogen-bond acceptors (Lipinski definition) is 1. The Morgan fingerprint density at radius 2 is 1.69 bits per heavy atom. The lowest BCUT2D eigenvalue weighted by molar-refractivity contribution is -0.133. The summed E-state index contributed by atoms with van der Waals surface area (Å²) >= 11 is 3.45. The molecule has 0 aromatic rings. The Hall–Kier alpha value is -0.0500. The first-order chi connectivity index (χ1) is 7.84. The number of halogens is 1. The van der Waals surface area contributed by atoms with E-state index in [1.807, 2.05) is 0 Å². The molecule has 94 valence electrons. The van der Waals surface area contributed by atoms with Crippen molar-refractivity contribution >= 4 is 21.8 Å². The minimum absolute atomic E-state index is 0.380. The normalized spacial score (nSPS) is 16.8. The summed E-state index contributed by atoms with van der Waals surface area (Å²) in [6.45, 7) is 2.00. The number of unbranched alkanes of at least 4 members (excludes halogenated alkanes) is 5. The van der Waals surface area contributed by atoms with Gasteiger partial charge in [-0.1, -0.05) is 41.6 Å². The SMILES string of the molecule is O=C1CCCCN1CCCCCCCCBr. The fourth-order valence-corrected chi connectivity index (χ4v) is 2.60. The number of rotatable bonds is 8. The highest BCUT2D eigenvalue weighted by atomic mass is 79.9. The van der Waals surface area contributed by atoms with Crippen molar-refractivity contribution in [1.82, 2.24) is 4.90 Å². The highest BCUT2D eigenvalue weighted by Crippen LogP contribution is 2.12. The van der Waals surface area contributed by atoms with E-state index in [1.165, 1.54) is 44.9 Å². The molecule has 16 heavy (non-hydrogen) atoms. The molecule has 2 nitrogen and oxygen atoms in total. The highest BCUT2D eigenvalue weighted by Gasteiger charge is 2.16. The second-order valence-electron chi connectivity index (χ2n) is 4.65. The summed E-state index contributed by atoms with van der Waals surface area (Å²) in [5, 5.41) is 1.13. The Bertz CT molecular complexity index is 196. The van der Waals surface area contributed by atoms with Gasteiger partial charge in [-0.3, -0.25) is 4.79 Å². The molecule has 1 heterocycles. The van der Waals surface area contributed by atoms with Gasteiger partial charge in [-0.25, -0.2) is 0 Å². The summed E-state index contributed by atoms with van der Waals surface area (Å²) in [4.78, 5) is 13.6. The van der Waals surface area contributed by atoms with Crippen LogP contribution in [0.25, 0.3) is 0 Å². The Morgan fingerprint density at radius 3 is 2.38 bits per heavy atom. The van der Waals surface area contributed by atoms with Gasteiger partial charge in [-0.2, -0.15) is 0 Å². The zero-order valence-electron chi connectivity index (χ0n) is 10.2. The summed E-state index contributed by atoms with van der Waals surface area (Å²) in [6.07, 6.45) is 10.9. The maximum Gasteiger partial charge on any atom is 0.222 e. The van der Waals surface area contributed by atoms with Gasteiger partial charge in [0.2, 0.25) is 5.91 Å². The summed E-state index contributed by atoms with van der Waals surface area (Å²) in [5.41, 5.74) is 0. The topological polar surface area (TPSA) is 20.3 Å². The third-order valence-electron chi connectivity index (χ3n) is 3.23. The van der Waals surface area contributed by atoms with Gasteiger partial charge in [0.25, 0.3) is 0 Å². The van der Waals surface area contributed by atoms with Crippen molar-refractivity contribution in [2.45, 2.75) is 57.8 Å². The standard InChI is InChI=1S/C13H24BrNO/c14-10-6-3-1-2-4-7-11-15-12-8-5-9-13(15)16/h1-12H2. The van der Waals surface area contributed by atoms with E-state index in [-0.39, 0.29) is 0 Å². The van der Waals surface area contributed by atoms with E-state index in [0.29, 0.717) is 5.91 Å². The first-order valence-corrected chi connectivity index (χ1v) is 7.80. The molecule has 3 heteroatoms. The molecule has 0 saturated carbocycles. The predicted molar refractivity (Wildman–Crippen MR) is 71.9 cm³/mol. The molecular weight excluding hydrogens is 266 g/mol. The van der Waals surface area contributed by atoms with Crippen LogP contribution in [0, 0.1) is 0 Å². The minimum atomic E-state index is 0.380. The second-order valence-corrected chi connectivity index (χ2v) is 5.44. The van der Waals surface area contributed by atoms with E-state index in [1.54, 1.807) is 0 Å². The average Bonchev–Trinajstić information content (AvgIpc) is 2.30. The molecule has 0 radical (unpaired) electrons. The Morgan fingerprint density at radius 1 is 1.00 bits per heavy atom. The lowest BCUT2D eigenvalue weighted by Gasteiger charge is -2.26. The third-order valence-corrected chi connectivity index (χ3v) is 3.79. The molecule has 1 saturated heterocycles. The Kier molecular flexibility index (Phi) is 7.91. The molecule has 1 fully saturated rings. The monoisotopic (exact) mass is 289 g/mol. The fraction of sp³-hybridized carbons (Fsp3) is 0.923. The van der Waals surface area contributed by atoms with E-state index < -0.39 is 0 Å². The molecule has 0 unspecified atom stereocenters. The average molecular weight is 290 g/mol. The van der Waals surface area contributed by atoms with Crippen LogP contribution < -0.4 is 0 Å². The van der Waals surface area contributed by atoms with E-state index in [9.17, 15) is 4.79 Å². The largest absolute Gasteiger partial charge is 0.343 e. The number of carbonyl (C=O) groups is 1. The van der Waals surface area contributed by atoms with Crippen LogP contribution in [0.4, 0.5) is 0 Å². The molecule has 1 aliphatic rings. The molecule has 0 spiro atoms. The zero-order chi connectivity index (χ0) is 11.6. The fourth-order valence-electron chi connectivity index (χ4n) is 2.20. The number of piperidine rings is 1. The predicted octanol–water partition coefficient (Wildman–Crippen LogP) is 3.73. The van der Waals surface area contributed by atoms with E-state index in [0.717, 1.165) is 31.3 Å². The summed E-state index contributed by atoms with van der Waals surface area (Å²) in [5.74, 6) is 0.380. The Balaban J connectivity index is 1.92. The van der Waals surface area contributed by atoms with Gasteiger partial charge in [0, 0.05) is 24.8 Å². The maximum atomic E-state index is 11.5. The molecule has 1 rings (SSSR count). The third kappa shape index (κ3) is 5.88. The van der Waals surface area contributed by atoms with Crippen molar-refractivity contribution in [2.24, 2.45) is 0 Å². The van der Waals surface area contributed by atoms with Gasteiger partial charge >= 0.3 is 0 Å². The van der Waals surface area contributed by atoms with Crippen LogP contribution in [0.2, 0.25) is 0 Å². The van der Waals surface area contributed by atoms with E-state index in [2.05, 4.69) is 20.8 Å². The van der Waals surface area contributed by atoms with Crippen LogP contribution in [-0.2, 0) is 4.79 Å². The van der Waals surface area contributed by atoms with Gasteiger partial charge in [0.05, 0.1) is 0 Å². The summed E-state index contributed by atoms with van der Waals surface area (Å²) in [6, 6.07) is 0. The maximum absolute atomic E-state index is 11.5. The molecule has 0 N–H and O–H groups in total. The number of hydrogen-bond donors (Lipinski definition) is 0. The first-order valence-electron chi connectivity index (χ1n) is 6.68. The molecule has 0 aliphatic carbocycles. The van der Waals surface area contributed by atoms with Crippen LogP contribution in [0.1, 0.15) is 57.8 Å². The number of carbonyl (C=O) groups excluding carboxylic acids is 1. The van der Waals surface area contributed by atoms with Crippen LogP contribution in [-0.4, -0.2) is 29.2 Å². The van der Waals surface area contributed by atoms with Crippen molar-refractivity contribution in [3.8, 4) is 0 Å². The van der Waals surface area contributed by atoms with Gasteiger partial charge in [0.15, 0.2) is 0 Å². The quantitative estimate of drug-likeness (QED) is 0.492. The molecular formula is C13H24BrNO. The summed E-state index contributed by atoms with van der Waals surface area (Å²) in [7, 11) is 0. The molecule has 1 amide bonds. The highest BCUT2D eigenvalue weighted by molar-refractivity contribution is 9.09. The van der Waals surface area contributed by atoms with Crippen LogP contribution in [0.3, 0.4) is 0 Å². The number of nitrogens with zero attached hydrogens (tertiary/aromatic N) is 1. The molecule has 0 aromatic carbocycles. The zero-order valence-corrected chi connectivity index (χ0v) is 11.8. The molecule has 0 aromatic heterocycles. The van der Waals surface area contributed by atoms with Crippen LogP contribution in [0.15, 0.2) is 0 Å². The van der Waals surface area contributed by atoms with E-state index >= 15 is 0 Å². The Labute approximate surface area is 108 Å². The van der Waals surface area contributed by atoms with Gasteiger partial charge in [-0.05, 0) is 25.7 Å². The van der Waals surface area contributed by atoms with Crippen molar-refractivity contribution in [3.05, 3.63) is 0 Å². The van der Waals surface area contributed by atoms with Crippen molar-refractivity contribution in [2.75, 3.05) is 18.4 Å². The number of likely N-dealkylation sites (tertiary alicyclic amines) is 1. The van der Waals surface area contributed by atoms with Gasteiger partial charge < -0.3 is 4.90 Å². The van der Waals surface area contributed by atoms with Crippen LogP contribution in [0.5, 0.6) is 0 Å². The lowest BCUT2D eigenvalue weighted by atomic mass is 10.1. The smallest absolute Gasteiger partial charge is 0.222 e. The second kappa shape index (κ2) is 9.03. The van der Waals surface area contributed by atoms with Crippen LogP contribution >= 0.6 is 15.9 Å². The van der Waals surface area contributed by atoms with Crippen molar-refractivity contribution < 1.29 is 4.79 Å². The first kappa shape index (κ1) is 14.0. The lowest BCUT2D eigenvalue weighted by Crippen LogP contribution is -2.35. The summed E-state index contributed by atoms with van der Waals surface area (Å²) < 4.78 is 0. The molecule has 0 atom stereocenters. The van der Waals surface area contributed by atoms with E-state index in [4.69, 9.17) is 0 Å². The minimum Gasteiger partial charge on any atom is -0.343 e. The number of alkyl halides is 1. The van der Waals surface area contributed by atoms with Gasteiger partial charge in [0.1, 0.15) is 0 Å². The number of amides is 1. The van der Waals surface area contributed by atoms with Gasteiger partial charge in [-0.15, -0.1) is 0 Å². The van der Waals surface area contributed by atoms with Crippen molar-refractivity contribution in [3.63, 3.8) is 0 Å². The molecule has 1 aliphatic heterocycles. The molecule has 0 bridgehead atoms. The van der Waals surface area contributed by atoms with Crippen molar-refractivity contribution in [1.29, 1.82) is 0 Å².